The number of halogens is 1. The number of likely N-dealkylation sites (tertiary alicyclic amines) is 1. The van der Waals surface area contributed by atoms with Crippen molar-refractivity contribution in [1.82, 2.24) is 9.88 Å². The molecule has 2 unspecified atom stereocenters. The Labute approximate surface area is 106 Å². The second kappa shape index (κ2) is 4.92. The SMILES string of the molecule is CNc1nccc(C(=O)N2CC(C)CC2C)c1F. The van der Waals surface area contributed by atoms with E-state index < -0.39 is 5.82 Å². The molecule has 98 valence electrons. The Morgan fingerprint density at radius 3 is 2.83 bits per heavy atom. The van der Waals surface area contributed by atoms with Gasteiger partial charge in [-0.25, -0.2) is 9.37 Å². The fourth-order valence-electron chi connectivity index (χ4n) is 2.52. The first-order valence-electron chi connectivity index (χ1n) is 6.17. The fourth-order valence-corrected chi connectivity index (χ4v) is 2.52. The maximum atomic E-state index is 14.0. The van der Waals surface area contributed by atoms with Crippen LogP contribution in [-0.4, -0.2) is 35.4 Å². The lowest BCUT2D eigenvalue weighted by molar-refractivity contribution is 0.0739. The Morgan fingerprint density at radius 1 is 1.56 bits per heavy atom. The molecule has 1 aromatic heterocycles. The van der Waals surface area contributed by atoms with E-state index in [1.807, 2.05) is 6.92 Å². The van der Waals surface area contributed by atoms with Gasteiger partial charge in [-0.15, -0.1) is 0 Å². The third-order valence-electron chi connectivity index (χ3n) is 3.40. The van der Waals surface area contributed by atoms with Crippen molar-refractivity contribution in [3.05, 3.63) is 23.6 Å². The first-order valence-corrected chi connectivity index (χ1v) is 6.17. The van der Waals surface area contributed by atoms with Gasteiger partial charge >= 0.3 is 0 Å². The number of aromatic nitrogens is 1. The number of anilines is 1. The Balaban J connectivity index is 2.29. The van der Waals surface area contributed by atoms with Crippen LogP contribution < -0.4 is 5.32 Å². The van der Waals surface area contributed by atoms with Crippen LogP contribution in [-0.2, 0) is 0 Å². The van der Waals surface area contributed by atoms with Crippen LogP contribution in [0.4, 0.5) is 10.2 Å². The van der Waals surface area contributed by atoms with E-state index in [2.05, 4.69) is 17.2 Å². The maximum absolute atomic E-state index is 14.0. The molecule has 1 saturated heterocycles. The number of nitrogens with one attached hydrogen (secondary N) is 1. The molecule has 0 aromatic carbocycles. The summed E-state index contributed by atoms with van der Waals surface area (Å²) in [5.41, 5.74) is 0.0929. The minimum atomic E-state index is -0.572. The van der Waals surface area contributed by atoms with Gasteiger partial charge in [0.15, 0.2) is 11.6 Å². The van der Waals surface area contributed by atoms with Crippen LogP contribution in [0.15, 0.2) is 12.3 Å². The van der Waals surface area contributed by atoms with Crippen molar-refractivity contribution in [2.75, 3.05) is 18.9 Å². The van der Waals surface area contributed by atoms with Crippen LogP contribution >= 0.6 is 0 Å². The molecule has 0 radical (unpaired) electrons. The average molecular weight is 251 g/mol. The molecule has 1 aliphatic rings. The Morgan fingerprint density at radius 2 is 2.28 bits per heavy atom. The van der Waals surface area contributed by atoms with E-state index in [-0.39, 0.29) is 23.3 Å². The van der Waals surface area contributed by atoms with Crippen LogP contribution in [0.3, 0.4) is 0 Å². The molecule has 0 aliphatic carbocycles. The van der Waals surface area contributed by atoms with Crippen LogP contribution in [0.2, 0.25) is 0 Å². The molecule has 2 atom stereocenters. The smallest absolute Gasteiger partial charge is 0.257 e. The third kappa shape index (κ3) is 2.17. The second-order valence-corrected chi connectivity index (χ2v) is 4.92. The summed E-state index contributed by atoms with van der Waals surface area (Å²) in [5.74, 6) is -0.238. The van der Waals surface area contributed by atoms with Crippen molar-refractivity contribution in [3.8, 4) is 0 Å². The Hall–Kier alpha value is -1.65. The van der Waals surface area contributed by atoms with Crippen molar-refractivity contribution >= 4 is 11.7 Å². The van der Waals surface area contributed by atoms with Gasteiger partial charge in [-0.1, -0.05) is 6.92 Å². The number of hydrogen-bond donors (Lipinski definition) is 1. The summed E-state index contributed by atoms with van der Waals surface area (Å²) >= 11 is 0. The third-order valence-corrected chi connectivity index (χ3v) is 3.40. The summed E-state index contributed by atoms with van der Waals surface area (Å²) < 4.78 is 14.0. The van der Waals surface area contributed by atoms with Gasteiger partial charge in [0.25, 0.3) is 5.91 Å². The quantitative estimate of drug-likeness (QED) is 0.875. The van der Waals surface area contributed by atoms with Crippen molar-refractivity contribution in [2.24, 2.45) is 5.92 Å². The fraction of sp³-hybridized carbons (Fsp3) is 0.538. The molecule has 1 N–H and O–H groups in total. The summed E-state index contributed by atoms with van der Waals surface area (Å²) in [4.78, 5) is 17.9. The second-order valence-electron chi connectivity index (χ2n) is 4.92. The topological polar surface area (TPSA) is 45.2 Å². The van der Waals surface area contributed by atoms with Gasteiger partial charge in [0.2, 0.25) is 0 Å². The lowest BCUT2D eigenvalue weighted by Gasteiger charge is -2.22. The maximum Gasteiger partial charge on any atom is 0.257 e. The predicted octanol–water partition coefficient (Wildman–Crippen LogP) is 2.13. The molecule has 2 heterocycles. The Bertz CT molecular complexity index is 464. The molecule has 2 rings (SSSR count). The highest BCUT2D eigenvalue weighted by molar-refractivity contribution is 5.95. The Kier molecular flexibility index (Phi) is 3.50. The van der Waals surface area contributed by atoms with Gasteiger partial charge in [0, 0.05) is 25.8 Å². The highest BCUT2D eigenvalue weighted by Crippen LogP contribution is 2.25. The van der Waals surface area contributed by atoms with Crippen LogP contribution in [0.1, 0.15) is 30.6 Å². The molecule has 1 aromatic rings. The monoisotopic (exact) mass is 251 g/mol. The molecular weight excluding hydrogens is 233 g/mol. The molecule has 5 heteroatoms. The van der Waals surface area contributed by atoms with Gasteiger partial charge < -0.3 is 10.2 Å². The minimum Gasteiger partial charge on any atom is -0.371 e. The molecule has 1 amide bonds. The number of amides is 1. The molecule has 0 saturated carbocycles. The summed E-state index contributed by atoms with van der Waals surface area (Å²) in [6.07, 6.45) is 2.42. The molecule has 0 bridgehead atoms. The standard InChI is InChI=1S/C13H18FN3O/c1-8-6-9(2)17(7-8)13(18)10-4-5-16-12(15-3)11(10)14/h4-5,8-9H,6-7H2,1-3H3,(H,15,16). The van der Waals surface area contributed by atoms with Gasteiger partial charge in [-0.05, 0) is 25.3 Å². The van der Waals surface area contributed by atoms with Crippen LogP contribution in [0.5, 0.6) is 0 Å². The summed E-state index contributed by atoms with van der Waals surface area (Å²) in [6.45, 7) is 4.79. The predicted molar refractivity (Wildman–Crippen MR) is 68.0 cm³/mol. The number of nitrogens with zero attached hydrogens (tertiary/aromatic N) is 2. The van der Waals surface area contributed by atoms with Gasteiger partial charge in [-0.2, -0.15) is 0 Å². The normalized spacial score (nSPS) is 23.2. The van der Waals surface area contributed by atoms with E-state index in [1.54, 1.807) is 11.9 Å². The van der Waals surface area contributed by atoms with E-state index in [9.17, 15) is 9.18 Å². The lowest BCUT2D eigenvalue weighted by Crippen LogP contribution is -2.34. The zero-order valence-electron chi connectivity index (χ0n) is 10.9. The molecule has 1 fully saturated rings. The van der Waals surface area contributed by atoms with Crippen molar-refractivity contribution in [2.45, 2.75) is 26.3 Å². The zero-order chi connectivity index (χ0) is 13.3. The van der Waals surface area contributed by atoms with Crippen LogP contribution in [0.25, 0.3) is 0 Å². The highest BCUT2D eigenvalue weighted by Gasteiger charge is 2.32. The largest absolute Gasteiger partial charge is 0.371 e. The molecule has 1 aliphatic heterocycles. The number of pyridine rings is 1. The number of rotatable bonds is 2. The molecular formula is C13H18FN3O. The van der Waals surface area contributed by atoms with E-state index in [4.69, 9.17) is 0 Å². The number of carbonyl (C=O) groups is 1. The summed E-state index contributed by atoms with van der Waals surface area (Å²) in [7, 11) is 1.58. The number of carbonyl (C=O) groups excluding carboxylic acids is 1. The molecule has 4 nitrogen and oxygen atoms in total. The van der Waals surface area contributed by atoms with Crippen molar-refractivity contribution < 1.29 is 9.18 Å². The average Bonchev–Trinajstić information content (AvgIpc) is 2.68. The van der Waals surface area contributed by atoms with Gasteiger partial charge in [0.05, 0.1) is 5.56 Å². The summed E-state index contributed by atoms with van der Waals surface area (Å²) in [6, 6.07) is 1.60. The zero-order valence-corrected chi connectivity index (χ0v) is 10.9. The first kappa shape index (κ1) is 12.8. The van der Waals surface area contributed by atoms with E-state index in [0.717, 1.165) is 6.42 Å². The molecule has 0 spiro atoms. The van der Waals surface area contributed by atoms with Crippen LogP contribution in [0, 0.1) is 11.7 Å². The van der Waals surface area contributed by atoms with E-state index >= 15 is 0 Å². The molecule has 18 heavy (non-hydrogen) atoms. The van der Waals surface area contributed by atoms with E-state index in [1.165, 1.54) is 12.3 Å². The van der Waals surface area contributed by atoms with Crippen molar-refractivity contribution in [3.63, 3.8) is 0 Å². The van der Waals surface area contributed by atoms with E-state index in [0.29, 0.717) is 12.5 Å². The van der Waals surface area contributed by atoms with Crippen molar-refractivity contribution in [1.29, 1.82) is 0 Å². The summed E-state index contributed by atoms with van der Waals surface area (Å²) in [5, 5.41) is 2.64. The first-order chi connectivity index (χ1) is 8.54. The van der Waals surface area contributed by atoms with Gasteiger partial charge in [0.1, 0.15) is 0 Å². The lowest BCUT2D eigenvalue weighted by atomic mass is 10.1. The van der Waals surface area contributed by atoms with Gasteiger partial charge in [-0.3, -0.25) is 4.79 Å². The minimum absolute atomic E-state index is 0.0929. The number of hydrogen-bond acceptors (Lipinski definition) is 3. The highest BCUT2D eigenvalue weighted by atomic mass is 19.1.